The first-order valence-electron chi connectivity index (χ1n) is 32.6. The van der Waals surface area contributed by atoms with Crippen LogP contribution in [0.15, 0.2) is 51.1 Å². The van der Waals surface area contributed by atoms with Crippen LogP contribution in [0.3, 0.4) is 0 Å². The van der Waals surface area contributed by atoms with Crippen LogP contribution in [0.2, 0.25) is 0 Å². The van der Waals surface area contributed by atoms with Gasteiger partial charge in [0.15, 0.2) is 37.7 Å². The summed E-state index contributed by atoms with van der Waals surface area (Å²) in [5.74, 6) is 0. The number of aliphatic hydroxyl groups excluding tert-OH is 15. The number of hydrogen-bond donors (Lipinski definition) is 15. The van der Waals surface area contributed by atoms with Crippen molar-refractivity contribution in [1.29, 1.82) is 0 Å². The fourth-order valence-electron chi connectivity index (χ4n) is 14.2. The van der Waals surface area contributed by atoms with E-state index in [1.54, 1.807) is 32.9 Å². The predicted octanol–water partition coefficient (Wildman–Crippen LogP) is -6.04. The van der Waals surface area contributed by atoms with Crippen LogP contribution in [0.25, 0.3) is 0 Å². The zero-order chi connectivity index (χ0) is 74.8. The molecule has 102 heavy (non-hydrogen) atoms. The number of hydrogen-bond acceptors (Lipinski definition) is 36. The van der Waals surface area contributed by atoms with Gasteiger partial charge in [-0.3, -0.25) is 12.5 Å². The summed E-state index contributed by atoms with van der Waals surface area (Å²) in [7, 11) is -14.5. The summed E-state index contributed by atoms with van der Waals surface area (Å²) in [6.07, 6.45) is -66.5. The van der Waals surface area contributed by atoms with E-state index in [2.05, 4.69) is 0 Å². The zero-order valence-corrected chi connectivity index (χ0v) is 59.0. The van der Waals surface area contributed by atoms with E-state index in [0.717, 1.165) is 0 Å². The third-order valence-corrected chi connectivity index (χ3v) is 23.6. The molecule has 39 heteroatoms. The molecule has 15 N–H and O–H groups in total. The lowest BCUT2D eigenvalue weighted by molar-refractivity contribution is -0.403. The molecule has 22 aliphatic heterocycles. The second kappa shape index (κ2) is 32.2. The highest BCUT2D eigenvalue weighted by Crippen LogP contribution is 2.40. The number of rotatable bonds is 15. The van der Waals surface area contributed by atoms with E-state index in [-0.39, 0.29) is 48.1 Å². The predicted molar refractivity (Wildman–Crippen MR) is 336 cm³/mol. The number of aryl methyl sites for hydroxylation is 9. The third-order valence-electron chi connectivity index (χ3n) is 18.9. The molecular weight excluding hydrogens is 1430 g/mol. The van der Waals surface area contributed by atoms with Crippen LogP contribution in [0.4, 0.5) is 0 Å². The Hall–Kier alpha value is -3.69. The Kier molecular flexibility index (Phi) is 25.6. The molecule has 0 spiro atoms. The Morgan fingerprint density at radius 1 is 0.265 bits per heavy atom. The molecule has 30 atom stereocenters. The van der Waals surface area contributed by atoms with Gasteiger partial charge < -0.3 is 133 Å². The maximum absolute atomic E-state index is 14.2. The molecule has 22 fully saturated rings. The Balaban J connectivity index is 1.03. The first-order valence-corrected chi connectivity index (χ1v) is 36.8. The smallest absolute Gasteiger partial charge is 0.297 e. The first kappa shape index (κ1) is 80.8. The Bertz CT molecular complexity index is 3680. The summed E-state index contributed by atoms with van der Waals surface area (Å²) in [5.41, 5.74) is 3.39. The van der Waals surface area contributed by atoms with Crippen LogP contribution in [0, 0.1) is 62.3 Å². The summed E-state index contributed by atoms with van der Waals surface area (Å²) < 4.78 is 173. The van der Waals surface area contributed by atoms with Gasteiger partial charge in [-0.15, -0.1) is 0 Å². The van der Waals surface area contributed by atoms with Gasteiger partial charge in [0.05, 0.1) is 54.3 Å². The molecule has 22 aliphatic rings. The van der Waals surface area contributed by atoms with Crippen LogP contribution in [-0.4, -0.2) is 326 Å². The average molecular weight is 1520 g/mol. The highest BCUT2D eigenvalue weighted by molar-refractivity contribution is 7.87. The molecule has 0 radical (unpaired) electrons. The van der Waals surface area contributed by atoms with Gasteiger partial charge in [-0.2, -0.15) is 25.3 Å². The minimum atomic E-state index is -4.86. The Morgan fingerprint density at radius 3 is 0.588 bits per heavy atom. The van der Waals surface area contributed by atoms with Gasteiger partial charge in [0.2, 0.25) is 0 Å². The fraction of sp³-hybridized carbons (Fsp3) is 0.714. The lowest BCUT2D eigenvalue weighted by Gasteiger charge is -2.50. The third kappa shape index (κ3) is 16.5. The molecule has 576 valence electrons. The van der Waals surface area contributed by atoms with Crippen molar-refractivity contribution in [2.75, 3.05) is 39.6 Å². The Labute approximate surface area is 586 Å². The molecule has 25 rings (SSSR count). The lowest BCUT2D eigenvalue weighted by atomic mass is 9.94. The van der Waals surface area contributed by atoms with E-state index in [9.17, 15) is 102 Å². The second-order valence-corrected chi connectivity index (χ2v) is 31.4. The monoisotopic (exact) mass is 1520 g/mol. The molecule has 12 bridgehead atoms. The van der Waals surface area contributed by atoms with Crippen molar-refractivity contribution >= 4 is 30.4 Å². The van der Waals surface area contributed by atoms with E-state index in [4.69, 9.17) is 69.4 Å². The maximum Gasteiger partial charge on any atom is 0.297 e. The highest BCUT2D eigenvalue weighted by atomic mass is 32.2. The van der Waals surface area contributed by atoms with Crippen molar-refractivity contribution in [2.24, 2.45) is 0 Å². The molecule has 0 saturated carbocycles. The van der Waals surface area contributed by atoms with Gasteiger partial charge in [-0.05, 0) is 95.7 Å². The van der Waals surface area contributed by atoms with Gasteiger partial charge in [-0.25, -0.2) is 0 Å². The summed E-state index contributed by atoms with van der Waals surface area (Å²) in [6, 6.07) is 9.24. The molecule has 0 aromatic heterocycles. The van der Waals surface area contributed by atoms with Crippen LogP contribution in [0.5, 0.6) is 0 Å². The van der Waals surface area contributed by atoms with E-state index in [1.165, 1.54) is 65.8 Å². The zero-order valence-electron chi connectivity index (χ0n) is 56.5. The quantitative estimate of drug-likeness (QED) is 0.0630. The van der Waals surface area contributed by atoms with Gasteiger partial charge in [0.25, 0.3) is 30.4 Å². The van der Waals surface area contributed by atoms with Crippen LogP contribution < -0.4 is 0 Å². The summed E-state index contributed by atoms with van der Waals surface area (Å²) in [5, 5.41) is 175. The van der Waals surface area contributed by atoms with Gasteiger partial charge in [0, 0.05) is 0 Å². The topological polar surface area (TPSA) is 544 Å². The SMILES string of the molecule is Cc1cc(C)c(S(=O)(=O)OC[C@H]2O[C@@H]3O[C@H]4[C@H](O)[C@@H](O)[C@@H](O[C@H]5[C@H](O)[C@@H](O)[C@@H](O[C@H]6[C@H](O)[C@@H](O)[C@@H](O[C@H]7[C@H](O)[C@@H](O)[C@@H](O[C@H]8[C@H](O)[C@@H](O)[C@@H](O[C@H]2[C@H](O)[C@H]3O)O[C@@H]8CO)O[C@@H]7COS(=O)(=O)c2c(C)cc(C)cc2C)O[C@@H]6COS(=O)(=O)c2c(C)cc(C)cc2C)O[C@@H]5CO)O[C@@H]4CO)c(C)c1. The molecule has 3 aromatic carbocycles. The van der Waals surface area contributed by atoms with Crippen molar-refractivity contribution < 1.29 is 171 Å². The summed E-state index contributed by atoms with van der Waals surface area (Å²) >= 11 is 0. The first-order chi connectivity index (χ1) is 47.8. The van der Waals surface area contributed by atoms with Gasteiger partial charge in [-0.1, -0.05) is 53.1 Å². The molecular formula is C63H90O36S3. The van der Waals surface area contributed by atoms with Crippen LogP contribution in [-0.2, 0) is 99.7 Å². The summed E-state index contributed by atoms with van der Waals surface area (Å²) in [4.78, 5) is -0.906. The lowest BCUT2D eigenvalue weighted by Crippen LogP contribution is -2.69. The Morgan fingerprint density at radius 2 is 0.422 bits per heavy atom. The molecule has 22 saturated heterocycles. The minimum Gasteiger partial charge on any atom is -0.394 e. The molecule has 3 aromatic rings. The van der Waals surface area contributed by atoms with Crippen LogP contribution in [0.1, 0.15) is 50.1 Å². The molecule has 0 unspecified atom stereocenters. The van der Waals surface area contributed by atoms with E-state index in [0.29, 0.717) is 16.7 Å². The van der Waals surface area contributed by atoms with Crippen molar-refractivity contribution in [3.8, 4) is 0 Å². The van der Waals surface area contributed by atoms with Crippen LogP contribution >= 0.6 is 0 Å². The number of benzene rings is 3. The number of aliphatic hydroxyl groups is 15. The minimum absolute atomic E-state index is 0.218. The molecule has 0 amide bonds. The fourth-order valence-corrected chi connectivity index (χ4v) is 18.2. The van der Waals surface area contributed by atoms with E-state index < -0.39 is 254 Å². The van der Waals surface area contributed by atoms with Crippen molar-refractivity contribution in [1.82, 2.24) is 0 Å². The van der Waals surface area contributed by atoms with Crippen molar-refractivity contribution in [3.63, 3.8) is 0 Å². The van der Waals surface area contributed by atoms with Crippen molar-refractivity contribution in [2.45, 2.75) is 261 Å². The second-order valence-electron chi connectivity index (χ2n) is 26.7. The van der Waals surface area contributed by atoms with Gasteiger partial charge >= 0.3 is 0 Å². The normalized spacial score (nSPS) is 40.5. The largest absolute Gasteiger partial charge is 0.394 e. The van der Waals surface area contributed by atoms with Crippen molar-refractivity contribution in [3.05, 3.63) is 86.5 Å². The molecule has 0 aliphatic carbocycles. The standard InChI is InChI=1S/C63H90O36S3/c1-22-10-25(4)55(26(5)11-22)100(79,80)85-19-34-52-40(70)46(76)61(91-34)95-50-32(17-65)88-58(43(73)37(50)67)94-49-31(16-64)89-59(44(74)38(49)68)98-53-35(20-86-101(81,82)56-27(6)12-23(2)13-28(56)7)93-63(48(78)42(53)72)99-54-36(21-87-102(83,84)57-29(8)14-24(3)15-30(57)9)92-62(47(77)41(54)71)96-51-33(18-66)90-60(97-52)45(75)39(51)69/h10-15,31-54,58-78H,16-21H2,1-9H3/t31-,32-,33-,34-,35-,36-,37-,38-,39-,40-,41-,42-,43-,44-,45-,46-,47-,48-,49-,50-,51-,52-,53-,54-,58-,59-,60-,61-,62-,63-/m1/s1. The van der Waals surface area contributed by atoms with Gasteiger partial charge in [0.1, 0.15) is 146 Å². The molecule has 22 heterocycles. The highest BCUT2D eigenvalue weighted by Gasteiger charge is 2.59. The van der Waals surface area contributed by atoms with E-state index in [1.807, 2.05) is 0 Å². The maximum atomic E-state index is 14.2. The average Bonchev–Trinajstić information content (AvgIpc) is 0.767. The number of ether oxygens (including phenoxy) is 12. The summed E-state index contributed by atoms with van der Waals surface area (Å²) in [6.45, 7) is 7.00. The van der Waals surface area contributed by atoms with E-state index >= 15 is 0 Å². The molecule has 36 nitrogen and oxygen atoms in total.